The van der Waals surface area contributed by atoms with E-state index >= 15 is 0 Å². The van der Waals surface area contributed by atoms with E-state index in [1.807, 2.05) is 7.05 Å². The van der Waals surface area contributed by atoms with E-state index in [4.69, 9.17) is 4.74 Å². The molecule has 0 bridgehead atoms. The third-order valence-corrected chi connectivity index (χ3v) is 8.36. The minimum absolute atomic E-state index is 0.267. The molecule has 6 nitrogen and oxygen atoms in total. The van der Waals surface area contributed by atoms with Crippen molar-refractivity contribution >= 4 is 17.7 Å². The summed E-state index contributed by atoms with van der Waals surface area (Å²) in [5.41, 5.74) is 0.758. The molecule has 1 unspecified atom stereocenters. The monoisotopic (exact) mass is 481 g/mol. The van der Waals surface area contributed by atoms with Gasteiger partial charge < -0.3 is 14.5 Å². The molecule has 1 aliphatic carbocycles. The molecule has 180 valence electrons. The molecule has 3 heterocycles. The lowest BCUT2D eigenvalue weighted by molar-refractivity contribution is -0.137. The van der Waals surface area contributed by atoms with Crippen LogP contribution in [0.3, 0.4) is 0 Å². The van der Waals surface area contributed by atoms with Gasteiger partial charge in [-0.25, -0.2) is 0 Å². The molecule has 2 atom stereocenters. The van der Waals surface area contributed by atoms with Gasteiger partial charge in [-0.2, -0.15) is 13.2 Å². The molecule has 1 aromatic carbocycles. The number of alkyl halides is 3. The van der Waals surface area contributed by atoms with Gasteiger partial charge in [0.1, 0.15) is 0 Å². The van der Waals surface area contributed by atoms with Crippen LogP contribution in [0.15, 0.2) is 29.4 Å². The van der Waals surface area contributed by atoms with E-state index in [2.05, 4.69) is 24.6 Å². The Morgan fingerprint density at radius 1 is 1.12 bits per heavy atom. The molecule has 3 fully saturated rings. The number of hydrogen-bond donors (Lipinski definition) is 0. The van der Waals surface area contributed by atoms with E-state index in [-0.39, 0.29) is 5.41 Å². The summed E-state index contributed by atoms with van der Waals surface area (Å²) in [5.74, 6) is 2.29. The highest BCUT2D eigenvalue weighted by molar-refractivity contribution is 7.99. The molecule has 2 saturated heterocycles. The first-order valence-corrected chi connectivity index (χ1v) is 12.6. The van der Waals surface area contributed by atoms with Crippen LogP contribution < -0.4 is 4.90 Å². The summed E-state index contributed by atoms with van der Waals surface area (Å²) in [4.78, 5) is 4.73. The molecule has 33 heavy (non-hydrogen) atoms. The van der Waals surface area contributed by atoms with Gasteiger partial charge in [0, 0.05) is 32.4 Å². The summed E-state index contributed by atoms with van der Waals surface area (Å²) in [6.45, 7) is 6.32. The highest BCUT2D eigenvalue weighted by Gasteiger charge is 2.57. The Bertz CT molecular complexity index is 960. The fraction of sp³-hybridized carbons (Fsp3) is 0.652. The van der Waals surface area contributed by atoms with Crippen molar-refractivity contribution in [1.29, 1.82) is 0 Å². The average Bonchev–Trinajstić information content (AvgIpc) is 3.15. The van der Waals surface area contributed by atoms with Gasteiger partial charge in [-0.05, 0) is 61.4 Å². The smallest absolute Gasteiger partial charge is 0.378 e. The molecule has 10 heteroatoms. The number of thioether (sulfide) groups is 1. The Kier molecular flexibility index (Phi) is 6.35. The number of ether oxygens (including phenoxy) is 1. The molecular formula is C23H30F3N5OS. The number of benzene rings is 1. The van der Waals surface area contributed by atoms with E-state index in [0.717, 1.165) is 87.6 Å². The molecule has 0 radical (unpaired) electrons. The van der Waals surface area contributed by atoms with Crippen molar-refractivity contribution in [2.24, 2.45) is 12.5 Å². The molecule has 0 amide bonds. The number of likely N-dealkylation sites (tertiary alicyclic amines) is 1. The third kappa shape index (κ3) is 4.88. The Hall–Kier alpha value is -1.78. The van der Waals surface area contributed by atoms with Gasteiger partial charge in [0.25, 0.3) is 0 Å². The molecular weight excluding hydrogens is 451 g/mol. The van der Waals surface area contributed by atoms with E-state index in [1.165, 1.54) is 12.1 Å². The first kappa shape index (κ1) is 23.0. The van der Waals surface area contributed by atoms with Crippen molar-refractivity contribution in [1.82, 2.24) is 19.7 Å². The number of nitrogens with zero attached hydrogens (tertiary/aromatic N) is 5. The van der Waals surface area contributed by atoms with Crippen LogP contribution in [0.4, 0.5) is 19.1 Å². The van der Waals surface area contributed by atoms with E-state index in [0.29, 0.717) is 5.92 Å². The van der Waals surface area contributed by atoms with Gasteiger partial charge in [-0.3, -0.25) is 4.57 Å². The highest BCUT2D eigenvalue weighted by atomic mass is 32.2. The van der Waals surface area contributed by atoms with Gasteiger partial charge in [0.05, 0.1) is 18.8 Å². The maximum absolute atomic E-state index is 12.8. The summed E-state index contributed by atoms with van der Waals surface area (Å²) < 4.78 is 46.0. The minimum atomic E-state index is -4.27. The van der Waals surface area contributed by atoms with E-state index < -0.39 is 11.7 Å². The second-order valence-corrected chi connectivity index (χ2v) is 10.5. The predicted octanol–water partition coefficient (Wildman–Crippen LogP) is 4.03. The molecule has 3 aliphatic rings. The number of hydrogen-bond acceptors (Lipinski definition) is 6. The molecule has 2 aliphatic heterocycles. The fourth-order valence-corrected chi connectivity index (χ4v) is 6.10. The lowest BCUT2D eigenvalue weighted by atomic mass is 9.97. The normalized spacial score (nSPS) is 25.8. The Labute approximate surface area is 196 Å². The molecule has 0 N–H and O–H groups in total. The summed E-state index contributed by atoms with van der Waals surface area (Å²) in [7, 11) is 2.02. The van der Waals surface area contributed by atoms with E-state index in [9.17, 15) is 13.2 Å². The van der Waals surface area contributed by atoms with Crippen molar-refractivity contribution in [2.75, 3.05) is 56.6 Å². The predicted molar refractivity (Wildman–Crippen MR) is 122 cm³/mol. The zero-order chi connectivity index (χ0) is 23.1. The quantitative estimate of drug-likeness (QED) is 0.440. The molecule has 1 spiro atoms. The van der Waals surface area contributed by atoms with Crippen molar-refractivity contribution in [2.45, 2.75) is 36.5 Å². The SMILES string of the molecule is Cn1c(SCCCN2CC[C@@]3(CC3c3ccc(C(F)(F)F)cc3)C2)nnc1N1CCOCC1. The topological polar surface area (TPSA) is 46.4 Å². The van der Waals surface area contributed by atoms with Crippen molar-refractivity contribution in [3.05, 3.63) is 35.4 Å². The summed E-state index contributed by atoms with van der Waals surface area (Å²) in [5, 5.41) is 9.68. The number of rotatable bonds is 7. The zero-order valence-electron chi connectivity index (χ0n) is 18.9. The summed E-state index contributed by atoms with van der Waals surface area (Å²) >= 11 is 1.74. The van der Waals surface area contributed by atoms with Gasteiger partial charge in [-0.1, -0.05) is 23.9 Å². The van der Waals surface area contributed by atoms with Crippen molar-refractivity contribution in [3.8, 4) is 0 Å². The summed E-state index contributed by atoms with van der Waals surface area (Å²) in [6.07, 6.45) is -0.965. The zero-order valence-corrected chi connectivity index (χ0v) is 19.7. The van der Waals surface area contributed by atoms with Crippen molar-refractivity contribution < 1.29 is 17.9 Å². The molecule has 1 saturated carbocycles. The van der Waals surface area contributed by atoms with Gasteiger partial charge in [-0.15, -0.1) is 10.2 Å². The van der Waals surface area contributed by atoms with E-state index in [1.54, 1.807) is 23.9 Å². The molecule has 2 aromatic rings. The number of halogens is 3. The van der Waals surface area contributed by atoms with Crippen LogP contribution in [0.2, 0.25) is 0 Å². The van der Waals surface area contributed by atoms with Gasteiger partial charge in [0.2, 0.25) is 5.95 Å². The van der Waals surface area contributed by atoms with Crippen LogP contribution in [-0.4, -0.2) is 71.4 Å². The molecule has 5 rings (SSSR count). The molecule has 1 aromatic heterocycles. The fourth-order valence-electron chi connectivity index (χ4n) is 5.27. The Morgan fingerprint density at radius 2 is 1.88 bits per heavy atom. The third-order valence-electron chi connectivity index (χ3n) is 7.25. The first-order valence-electron chi connectivity index (χ1n) is 11.6. The maximum Gasteiger partial charge on any atom is 0.416 e. The Morgan fingerprint density at radius 3 is 2.61 bits per heavy atom. The van der Waals surface area contributed by atoms with Crippen molar-refractivity contribution in [3.63, 3.8) is 0 Å². The second kappa shape index (κ2) is 9.11. The number of anilines is 1. The highest BCUT2D eigenvalue weighted by Crippen LogP contribution is 2.64. The first-order chi connectivity index (χ1) is 15.9. The van der Waals surface area contributed by atoms with Crippen LogP contribution >= 0.6 is 11.8 Å². The van der Waals surface area contributed by atoms with Crippen LogP contribution in [0, 0.1) is 5.41 Å². The van der Waals surface area contributed by atoms with Crippen LogP contribution in [-0.2, 0) is 18.0 Å². The standard InChI is InChI=1S/C23H30F3N5OS/c1-29-20(31-10-12-32-13-11-31)27-28-21(29)33-14-2-8-30-9-7-22(16-30)15-19(22)17-3-5-18(6-4-17)23(24,25)26/h3-6,19H,2,7-16H2,1H3/t19?,22-/m1/s1. The average molecular weight is 482 g/mol. The van der Waals surface area contributed by atoms with Gasteiger partial charge >= 0.3 is 6.18 Å². The Balaban J connectivity index is 1.06. The maximum atomic E-state index is 12.8. The largest absolute Gasteiger partial charge is 0.416 e. The lowest BCUT2D eigenvalue weighted by Gasteiger charge is -2.27. The number of morpholine rings is 1. The summed E-state index contributed by atoms with van der Waals surface area (Å²) in [6, 6.07) is 5.80. The van der Waals surface area contributed by atoms with Gasteiger partial charge in [0.15, 0.2) is 5.16 Å². The van der Waals surface area contributed by atoms with Crippen LogP contribution in [0.5, 0.6) is 0 Å². The second-order valence-electron chi connectivity index (χ2n) is 9.41. The minimum Gasteiger partial charge on any atom is -0.378 e. The lowest BCUT2D eigenvalue weighted by Crippen LogP contribution is -2.37. The van der Waals surface area contributed by atoms with Crippen LogP contribution in [0.1, 0.15) is 36.3 Å². The number of aromatic nitrogens is 3. The van der Waals surface area contributed by atoms with Crippen LogP contribution in [0.25, 0.3) is 0 Å².